The highest BCUT2D eigenvalue weighted by Gasteiger charge is 2.45. The lowest BCUT2D eigenvalue weighted by molar-refractivity contribution is 0.247. The van der Waals surface area contributed by atoms with Crippen molar-refractivity contribution >= 4 is 27.6 Å². The van der Waals surface area contributed by atoms with E-state index in [2.05, 4.69) is 38.7 Å². The highest BCUT2D eigenvalue weighted by Crippen LogP contribution is 2.45. The van der Waals surface area contributed by atoms with E-state index in [-0.39, 0.29) is 11.6 Å². The van der Waals surface area contributed by atoms with E-state index in [0.717, 1.165) is 28.6 Å². The molecule has 2 aromatic rings. The molecule has 1 saturated carbocycles. The zero-order valence-electron chi connectivity index (χ0n) is 11.8. The van der Waals surface area contributed by atoms with Crippen LogP contribution < -0.4 is 10.6 Å². The summed E-state index contributed by atoms with van der Waals surface area (Å²) in [5.41, 5.74) is 2.89. The molecule has 0 aromatic heterocycles. The van der Waals surface area contributed by atoms with Crippen LogP contribution in [0.4, 0.5) is 10.5 Å². The van der Waals surface area contributed by atoms with Gasteiger partial charge in [0.1, 0.15) is 0 Å². The number of carbonyl (C=O) groups is 1. The largest absolute Gasteiger partial charge is 0.328 e. The van der Waals surface area contributed by atoms with Crippen molar-refractivity contribution < 1.29 is 4.79 Å². The molecule has 0 spiro atoms. The normalized spacial score (nSPS) is 15.3. The lowest BCUT2D eigenvalue weighted by Gasteiger charge is -2.18. The molecule has 0 bridgehead atoms. The molecule has 2 amide bonds. The fraction of sp³-hybridized carbons (Fsp3) is 0.235. The molecule has 0 aliphatic heterocycles. The Balaban J connectivity index is 1.68. The number of carbonyl (C=O) groups excluding carboxylic acids is 1. The summed E-state index contributed by atoms with van der Waals surface area (Å²) in [5, 5.41) is 6.01. The Bertz CT molecular complexity index is 666. The maximum absolute atomic E-state index is 12.2. The van der Waals surface area contributed by atoms with Crippen molar-refractivity contribution in [2.45, 2.75) is 25.3 Å². The lowest BCUT2D eigenvalue weighted by atomic mass is 10.1. The topological polar surface area (TPSA) is 41.1 Å². The van der Waals surface area contributed by atoms with Gasteiger partial charge in [0, 0.05) is 10.2 Å². The summed E-state index contributed by atoms with van der Waals surface area (Å²) in [4.78, 5) is 12.2. The summed E-state index contributed by atoms with van der Waals surface area (Å²) in [7, 11) is 0. The van der Waals surface area contributed by atoms with Gasteiger partial charge < -0.3 is 10.6 Å². The summed E-state index contributed by atoms with van der Waals surface area (Å²) in [6, 6.07) is 15.8. The standard InChI is InChI=1S/C17H17BrN2O/c1-12-11-14(7-8-15(12)18)19-16(21)20-17(9-10-17)13-5-3-2-4-6-13/h2-8,11H,9-10H2,1H3,(H2,19,20,21). The minimum absolute atomic E-state index is 0.155. The van der Waals surface area contributed by atoms with Gasteiger partial charge in [0.2, 0.25) is 0 Å². The molecule has 2 aromatic carbocycles. The average Bonchev–Trinajstić information content (AvgIpc) is 3.25. The third-order valence-electron chi connectivity index (χ3n) is 3.84. The maximum atomic E-state index is 12.2. The first-order chi connectivity index (χ1) is 10.1. The van der Waals surface area contributed by atoms with E-state index in [4.69, 9.17) is 0 Å². The van der Waals surface area contributed by atoms with Gasteiger partial charge in [0.05, 0.1) is 5.54 Å². The molecule has 108 valence electrons. The molecular weight excluding hydrogens is 328 g/mol. The highest BCUT2D eigenvalue weighted by molar-refractivity contribution is 9.10. The highest BCUT2D eigenvalue weighted by atomic mass is 79.9. The number of halogens is 1. The van der Waals surface area contributed by atoms with E-state index >= 15 is 0 Å². The number of hydrogen-bond acceptors (Lipinski definition) is 1. The van der Waals surface area contributed by atoms with E-state index in [9.17, 15) is 4.79 Å². The van der Waals surface area contributed by atoms with Crippen molar-refractivity contribution in [2.24, 2.45) is 0 Å². The first kappa shape index (κ1) is 14.1. The number of nitrogens with one attached hydrogen (secondary N) is 2. The summed E-state index contributed by atoms with van der Waals surface area (Å²) in [6.07, 6.45) is 1.98. The van der Waals surface area contributed by atoms with Gasteiger partial charge in [-0.2, -0.15) is 0 Å². The van der Waals surface area contributed by atoms with Crippen molar-refractivity contribution in [1.29, 1.82) is 0 Å². The molecule has 21 heavy (non-hydrogen) atoms. The van der Waals surface area contributed by atoms with E-state index < -0.39 is 0 Å². The molecule has 0 unspecified atom stereocenters. The Morgan fingerprint density at radius 1 is 1.14 bits per heavy atom. The van der Waals surface area contributed by atoms with E-state index in [1.807, 2.05) is 43.3 Å². The predicted molar refractivity (Wildman–Crippen MR) is 88.4 cm³/mol. The average molecular weight is 345 g/mol. The second kappa shape index (κ2) is 5.53. The van der Waals surface area contributed by atoms with Crippen molar-refractivity contribution in [2.75, 3.05) is 5.32 Å². The van der Waals surface area contributed by atoms with Crippen molar-refractivity contribution in [1.82, 2.24) is 5.32 Å². The van der Waals surface area contributed by atoms with Gasteiger partial charge in [0.25, 0.3) is 0 Å². The number of urea groups is 1. The molecule has 2 N–H and O–H groups in total. The van der Waals surface area contributed by atoms with Gasteiger partial charge in [-0.25, -0.2) is 4.79 Å². The maximum Gasteiger partial charge on any atom is 0.319 e. The first-order valence-electron chi connectivity index (χ1n) is 7.00. The van der Waals surface area contributed by atoms with Crippen LogP contribution in [0.25, 0.3) is 0 Å². The van der Waals surface area contributed by atoms with Gasteiger partial charge >= 0.3 is 6.03 Å². The van der Waals surface area contributed by atoms with Crippen LogP contribution in [-0.4, -0.2) is 6.03 Å². The van der Waals surface area contributed by atoms with Gasteiger partial charge in [0.15, 0.2) is 0 Å². The Labute approximate surface area is 132 Å². The van der Waals surface area contributed by atoms with E-state index in [1.165, 1.54) is 5.56 Å². The summed E-state index contributed by atoms with van der Waals surface area (Å²) in [6.45, 7) is 2.00. The second-order valence-corrected chi connectivity index (χ2v) is 6.35. The predicted octanol–water partition coefficient (Wildman–Crippen LogP) is 4.57. The van der Waals surface area contributed by atoms with Crippen LogP contribution in [-0.2, 0) is 5.54 Å². The SMILES string of the molecule is Cc1cc(NC(=O)NC2(c3ccccc3)CC2)ccc1Br. The van der Waals surface area contributed by atoms with Crippen LogP contribution in [0.3, 0.4) is 0 Å². The molecule has 1 aliphatic rings. The molecular formula is C17H17BrN2O. The monoisotopic (exact) mass is 344 g/mol. The minimum atomic E-state index is -0.185. The second-order valence-electron chi connectivity index (χ2n) is 5.49. The molecule has 3 rings (SSSR count). The van der Waals surface area contributed by atoms with Gasteiger partial charge in [-0.3, -0.25) is 0 Å². The number of aryl methyl sites for hydroxylation is 1. The smallest absolute Gasteiger partial charge is 0.319 e. The van der Waals surface area contributed by atoms with Crippen LogP contribution in [0.15, 0.2) is 53.0 Å². The molecule has 1 aliphatic carbocycles. The van der Waals surface area contributed by atoms with Crippen LogP contribution in [0.1, 0.15) is 24.0 Å². The van der Waals surface area contributed by atoms with E-state index in [0.29, 0.717) is 0 Å². The van der Waals surface area contributed by atoms with Gasteiger partial charge in [-0.05, 0) is 49.1 Å². The Morgan fingerprint density at radius 2 is 1.86 bits per heavy atom. The van der Waals surface area contributed by atoms with Gasteiger partial charge in [-0.1, -0.05) is 46.3 Å². The van der Waals surface area contributed by atoms with Gasteiger partial charge in [-0.15, -0.1) is 0 Å². The van der Waals surface area contributed by atoms with Crippen molar-refractivity contribution in [3.63, 3.8) is 0 Å². The lowest BCUT2D eigenvalue weighted by Crippen LogP contribution is -2.38. The fourth-order valence-electron chi connectivity index (χ4n) is 2.47. The van der Waals surface area contributed by atoms with Crippen LogP contribution >= 0.6 is 15.9 Å². The number of rotatable bonds is 3. The zero-order chi connectivity index (χ0) is 14.9. The first-order valence-corrected chi connectivity index (χ1v) is 7.79. The third-order valence-corrected chi connectivity index (χ3v) is 4.73. The molecule has 1 fully saturated rings. The van der Waals surface area contributed by atoms with Crippen LogP contribution in [0.5, 0.6) is 0 Å². The van der Waals surface area contributed by atoms with Crippen LogP contribution in [0.2, 0.25) is 0 Å². The number of benzene rings is 2. The molecule has 0 radical (unpaired) electrons. The van der Waals surface area contributed by atoms with Crippen LogP contribution in [0, 0.1) is 6.92 Å². The van der Waals surface area contributed by atoms with Crippen molar-refractivity contribution in [3.05, 3.63) is 64.1 Å². The summed E-state index contributed by atoms with van der Waals surface area (Å²) >= 11 is 3.46. The molecule has 0 heterocycles. The number of hydrogen-bond donors (Lipinski definition) is 2. The number of amides is 2. The summed E-state index contributed by atoms with van der Waals surface area (Å²) < 4.78 is 1.04. The molecule has 4 heteroatoms. The molecule has 0 saturated heterocycles. The quantitative estimate of drug-likeness (QED) is 0.841. The summed E-state index contributed by atoms with van der Waals surface area (Å²) in [5.74, 6) is 0. The third kappa shape index (κ3) is 3.10. The fourth-order valence-corrected chi connectivity index (χ4v) is 2.72. The molecule has 0 atom stereocenters. The Hall–Kier alpha value is -1.81. The Kier molecular flexibility index (Phi) is 3.72. The number of anilines is 1. The zero-order valence-corrected chi connectivity index (χ0v) is 13.4. The van der Waals surface area contributed by atoms with Crippen molar-refractivity contribution in [3.8, 4) is 0 Å². The van der Waals surface area contributed by atoms with E-state index in [1.54, 1.807) is 0 Å². The Morgan fingerprint density at radius 3 is 2.48 bits per heavy atom. The minimum Gasteiger partial charge on any atom is -0.328 e. The molecule has 3 nitrogen and oxygen atoms in total.